The van der Waals surface area contributed by atoms with Crippen LogP contribution in [0, 0.1) is 23.4 Å². The van der Waals surface area contributed by atoms with Crippen LogP contribution in [-0.2, 0) is 52.7 Å². The van der Waals surface area contributed by atoms with Crippen LogP contribution in [0.3, 0.4) is 0 Å². The number of allylic oxidation sites excluding steroid dienone is 1. The molecule has 5 amide bonds. The van der Waals surface area contributed by atoms with Crippen LogP contribution in [0.5, 0.6) is 0 Å². The lowest BCUT2D eigenvalue weighted by atomic mass is 10.0. The second-order valence-corrected chi connectivity index (χ2v) is 17.6. The maximum atomic E-state index is 14.5. The summed E-state index contributed by atoms with van der Waals surface area (Å²) in [6, 6.07) is 4.81. The zero-order valence-electron chi connectivity index (χ0n) is 31.8. The molecule has 4 aliphatic rings. The summed E-state index contributed by atoms with van der Waals surface area (Å²) in [4.78, 5) is 71.2. The first-order chi connectivity index (χ1) is 26.9. The highest BCUT2D eigenvalue weighted by atomic mass is 32.2. The van der Waals surface area contributed by atoms with E-state index >= 15 is 0 Å². The van der Waals surface area contributed by atoms with E-state index in [0.29, 0.717) is 36.8 Å². The van der Waals surface area contributed by atoms with Gasteiger partial charge in [-0.1, -0.05) is 43.2 Å². The summed E-state index contributed by atoms with van der Waals surface area (Å²) in [5.41, 5.74) is -2.53. The molecular weight excluding hydrogens is 772 g/mol. The zero-order valence-corrected chi connectivity index (χ0v) is 32.6. The fourth-order valence-electron chi connectivity index (χ4n) is 7.47. The lowest BCUT2D eigenvalue weighted by Crippen LogP contribution is -2.58. The van der Waals surface area contributed by atoms with Gasteiger partial charge in [-0.15, -0.1) is 0 Å². The van der Waals surface area contributed by atoms with Gasteiger partial charge in [0.1, 0.15) is 52.5 Å². The van der Waals surface area contributed by atoms with Crippen molar-refractivity contribution in [2.24, 2.45) is 5.92 Å². The number of ether oxygens (including phenoxy) is 2. The average molecular weight is 818 g/mol. The Morgan fingerprint density at radius 2 is 1.68 bits per heavy atom. The van der Waals surface area contributed by atoms with E-state index in [9.17, 15) is 45.6 Å². The van der Waals surface area contributed by atoms with Crippen molar-refractivity contribution < 1.29 is 55.0 Å². The lowest BCUT2D eigenvalue weighted by molar-refractivity contribution is -0.141. The van der Waals surface area contributed by atoms with Crippen LogP contribution in [0.15, 0.2) is 48.6 Å². The first-order valence-corrected chi connectivity index (χ1v) is 20.5. The molecule has 6 rings (SSSR count). The Hall–Kier alpha value is -5.13. The maximum absolute atomic E-state index is 14.5. The van der Waals surface area contributed by atoms with Crippen LogP contribution >= 0.6 is 0 Å². The van der Waals surface area contributed by atoms with Gasteiger partial charge in [0.05, 0.1) is 13.1 Å². The average Bonchev–Trinajstić information content (AvgIpc) is 3.40. The fraction of sp³-hybridized carbons (Fsp3) is 0.513. The van der Waals surface area contributed by atoms with Crippen molar-refractivity contribution >= 4 is 39.9 Å². The molecule has 3 heterocycles. The van der Waals surface area contributed by atoms with E-state index < -0.39 is 104 Å². The standard InChI is InChI=1S/C39H46F3N5O9S/c1-38(2,3)56-36(51)43-31-16-8-6-4-5-7-12-24-18-39(24,35(50)45-57(53,54)22-27-29(41)14-10-15-30(27)42)44-33(48)32-17-25(20-47(32)34(31)49)55-37(52)46-19-23-11-9-13-28(40)26(23)21-46/h7,9-15,24-25,31-32H,4-6,8,16-22H2,1-3H3,(H,43,51)(H,44,48)(H,45,50)/b12-7-/t24-,25+,31-,32-,39+/m0/s1. The zero-order chi connectivity index (χ0) is 41.3. The van der Waals surface area contributed by atoms with E-state index in [4.69, 9.17) is 9.47 Å². The topological polar surface area (TPSA) is 181 Å². The Balaban J connectivity index is 1.26. The summed E-state index contributed by atoms with van der Waals surface area (Å²) in [5.74, 6) is -7.28. The van der Waals surface area contributed by atoms with Gasteiger partial charge in [-0.3, -0.25) is 24.0 Å². The SMILES string of the molecule is CC(C)(C)OC(=O)N[C@H]1CCCCC/C=C\[C@H]2C[C@@]2(C(=O)NS(=O)(=O)Cc2c(F)cccc2F)NC(=O)[C@@H]2C[C@@H](OC(=O)N3Cc4cccc(F)c4C3)CN2C1=O. The first kappa shape index (κ1) is 41.5. The smallest absolute Gasteiger partial charge is 0.410 e. The van der Waals surface area contributed by atoms with Crippen LogP contribution in [-0.4, -0.2) is 84.0 Å². The van der Waals surface area contributed by atoms with Crippen LogP contribution in [0.1, 0.15) is 82.4 Å². The number of hydrogen-bond acceptors (Lipinski definition) is 9. The third kappa shape index (κ3) is 9.71. The third-order valence-corrected chi connectivity index (χ3v) is 11.6. The molecule has 2 aromatic rings. The Labute approximate surface area is 328 Å². The lowest BCUT2D eigenvalue weighted by Gasteiger charge is -2.30. The van der Waals surface area contributed by atoms with E-state index in [-0.39, 0.29) is 38.9 Å². The number of rotatable bonds is 6. The van der Waals surface area contributed by atoms with Gasteiger partial charge in [-0.2, -0.15) is 0 Å². The molecule has 1 saturated carbocycles. The second kappa shape index (κ2) is 16.4. The number of amides is 5. The van der Waals surface area contributed by atoms with Crippen LogP contribution < -0.4 is 15.4 Å². The second-order valence-electron chi connectivity index (χ2n) is 15.9. The predicted molar refractivity (Wildman–Crippen MR) is 198 cm³/mol. The molecule has 0 spiro atoms. The first-order valence-electron chi connectivity index (χ1n) is 18.8. The molecule has 5 atom stereocenters. The summed E-state index contributed by atoms with van der Waals surface area (Å²) >= 11 is 0. The number of alkyl carbamates (subject to hydrolysis) is 1. The van der Waals surface area contributed by atoms with Gasteiger partial charge in [0.25, 0.3) is 5.91 Å². The van der Waals surface area contributed by atoms with E-state index in [0.717, 1.165) is 23.1 Å². The molecule has 3 N–H and O–H groups in total. The largest absolute Gasteiger partial charge is 0.444 e. The molecule has 0 radical (unpaired) electrons. The molecule has 3 aliphatic heterocycles. The summed E-state index contributed by atoms with van der Waals surface area (Å²) in [6.07, 6.45) is 3.06. The number of benzene rings is 2. The summed E-state index contributed by atoms with van der Waals surface area (Å²) < 4.78 is 82.5. The molecule has 2 fully saturated rings. The number of halogens is 3. The minimum absolute atomic E-state index is 0.0291. The van der Waals surface area contributed by atoms with E-state index in [1.54, 1.807) is 39.0 Å². The van der Waals surface area contributed by atoms with Gasteiger partial charge >= 0.3 is 12.2 Å². The molecule has 57 heavy (non-hydrogen) atoms. The van der Waals surface area contributed by atoms with E-state index in [2.05, 4.69) is 10.6 Å². The molecule has 0 aromatic heterocycles. The minimum atomic E-state index is -4.69. The van der Waals surface area contributed by atoms with E-state index in [1.807, 2.05) is 4.72 Å². The van der Waals surface area contributed by atoms with Crippen molar-refractivity contribution in [1.82, 2.24) is 25.2 Å². The quantitative estimate of drug-likeness (QED) is 0.355. The Bertz CT molecular complexity index is 2060. The Kier molecular flexibility index (Phi) is 11.9. The van der Waals surface area contributed by atoms with Crippen LogP contribution in [0.4, 0.5) is 22.8 Å². The molecule has 1 aliphatic carbocycles. The monoisotopic (exact) mass is 817 g/mol. The highest BCUT2D eigenvalue weighted by molar-refractivity contribution is 7.89. The summed E-state index contributed by atoms with van der Waals surface area (Å²) in [5, 5.41) is 5.28. The Morgan fingerprint density at radius 1 is 0.982 bits per heavy atom. The number of sulfonamides is 1. The highest BCUT2D eigenvalue weighted by Gasteiger charge is 2.61. The fourth-order valence-corrected chi connectivity index (χ4v) is 8.66. The molecular formula is C39H46F3N5O9S. The van der Waals surface area contributed by atoms with Crippen molar-refractivity contribution in [1.29, 1.82) is 0 Å². The number of fused-ring (bicyclic) bond motifs is 3. The number of carbonyl (C=O) groups is 5. The number of carbonyl (C=O) groups excluding carboxylic acids is 5. The maximum Gasteiger partial charge on any atom is 0.410 e. The van der Waals surface area contributed by atoms with E-state index in [1.165, 1.54) is 17.0 Å². The summed E-state index contributed by atoms with van der Waals surface area (Å²) in [6.45, 7) is 4.71. The molecule has 2 aromatic carbocycles. The van der Waals surface area contributed by atoms with Gasteiger partial charge < -0.3 is 25.0 Å². The number of hydrogen-bond donors (Lipinski definition) is 3. The molecule has 1 saturated heterocycles. The van der Waals surface area contributed by atoms with Gasteiger partial charge in [0.15, 0.2) is 0 Å². The molecule has 0 unspecified atom stereocenters. The van der Waals surface area contributed by atoms with Crippen molar-refractivity contribution in [2.75, 3.05) is 6.54 Å². The van der Waals surface area contributed by atoms with Gasteiger partial charge in [0, 0.05) is 30.0 Å². The minimum Gasteiger partial charge on any atom is -0.444 e. The number of nitrogens with zero attached hydrogens (tertiary/aromatic N) is 2. The van der Waals surface area contributed by atoms with Gasteiger partial charge in [-0.05, 0) is 70.2 Å². The van der Waals surface area contributed by atoms with Gasteiger partial charge in [0.2, 0.25) is 21.8 Å². The molecule has 308 valence electrons. The Morgan fingerprint density at radius 3 is 2.39 bits per heavy atom. The molecule has 18 heteroatoms. The van der Waals surface area contributed by atoms with Crippen molar-refractivity contribution in [2.45, 2.75) is 114 Å². The van der Waals surface area contributed by atoms with Crippen molar-refractivity contribution in [3.05, 3.63) is 82.7 Å². The number of nitrogens with one attached hydrogen (secondary N) is 3. The normalized spacial score (nSPS) is 25.8. The third-order valence-electron chi connectivity index (χ3n) is 10.4. The van der Waals surface area contributed by atoms with Crippen LogP contribution in [0.2, 0.25) is 0 Å². The van der Waals surface area contributed by atoms with Crippen molar-refractivity contribution in [3.8, 4) is 0 Å². The molecule has 0 bridgehead atoms. The molecule has 14 nitrogen and oxygen atoms in total. The predicted octanol–water partition coefficient (Wildman–Crippen LogP) is 4.46. The van der Waals surface area contributed by atoms with Crippen LogP contribution in [0.25, 0.3) is 0 Å². The highest BCUT2D eigenvalue weighted by Crippen LogP contribution is 2.46. The van der Waals surface area contributed by atoms with Gasteiger partial charge in [-0.25, -0.2) is 31.2 Å². The van der Waals surface area contributed by atoms with Crippen molar-refractivity contribution in [3.63, 3.8) is 0 Å². The summed E-state index contributed by atoms with van der Waals surface area (Å²) in [7, 11) is -4.69.